The Kier molecular flexibility index (Phi) is 4.51. The standard InChI is InChI=1S/C18H23N3/c1-2-20-17-7-5-13-21(14-15-9-11-19-12-10-15)18-8-4-3-6-16(17)18/h3-4,6,8-12,17,20H,2,5,7,13-14H2,1H3. The average Bonchev–Trinajstić information content (AvgIpc) is 2.70. The van der Waals surface area contributed by atoms with E-state index in [2.05, 4.69) is 58.5 Å². The van der Waals surface area contributed by atoms with Crippen LogP contribution >= 0.6 is 0 Å². The van der Waals surface area contributed by atoms with Gasteiger partial charge in [0.2, 0.25) is 0 Å². The molecular formula is C18H23N3. The maximum absolute atomic E-state index is 4.11. The van der Waals surface area contributed by atoms with Gasteiger partial charge in [-0.15, -0.1) is 0 Å². The number of nitrogens with zero attached hydrogens (tertiary/aromatic N) is 2. The summed E-state index contributed by atoms with van der Waals surface area (Å²) < 4.78 is 0. The summed E-state index contributed by atoms with van der Waals surface area (Å²) in [5, 5.41) is 3.63. The van der Waals surface area contributed by atoms with Gasteiger partial charge in [-0.1, -0.05) is 25.1 Å². The molecule has 21 heavy (non-hydrogen) atoms. The summed E-state index contributed by atoms with van der Waals surface area (Å²) in [5.74, 6) is 0. The molecule has 1 aromatic heterocycles. The number of hydrogen-bond acceptors (Lipinski definition) is 3. The minimum absolute atomic E-state index is 0.480. The van der Waals surface area contributed by atoms with Crippen LogP contribution in [0, 0.1) is 0 Å². The Labute approximate surface area is 127 Å². The molecule has 1 unspecified atom stereocenters. The normalized spacial score (nSPS) is 18.1. The number of pyridine rings is 1. The second-order valence-electron chi connectivity index (χ2n) is 5.59. The molecule has 0 radical (unpaired) electrons. The van der Waals surface area contributed by atoms with Crippen LogP contribution in [0.4, 0.5) is 5.69 Å². The molecule has 0 aliphatic carbocycles. The van der Waals surface area contributed by atoms with Crippen LogP contribution < -0.4 is 10.2 Å². The van der Waals surface area contributed by atoms with E-state index in [-0.39, 0.29) is 0 Å². The quantitative estimate of drug-likeness (QED) is 0.929. The van der Waals surface area contributed by atoms with E-state index in [1.807, 2.05) is 12.4 Å². The van der Waals surface area contributed by atoms with Gasteiger partial charge >= 0.3 is 0 Å². The summed E-state index contributed by atoms with van der Waals surface area (Å²) in [4.78, 5) is 6.61. The van der Waals surface area contributed by atoms with Crippen LogP contribution in [0.15, 0.2) is 48.8 Å². The van der Waals surface area contributed by atoms with E-state index in [1.165, 1.54) is 29.7 Å². The molecule has 2 heterocycles. The molecule has 110 valence electrons. The number of para-hydroxylation sites is 1. The summed E-state index contributed by atoms with van der Waals surface area (Å²) in [7, 11) is 0. The van der Waals surface area contributed by atoms with Crippen molar-refractivity contribution in [3.05, 3.63) is 59.9 Å². The van der Waals surface area contributed by atoms with E-state index in [4.69, 9.17) is 0 Å². The molecule has 0 saturated carbocycles. The fourth-order valence-corrected chi connectivity index (χ4v) is 3.16. The minimum Gasteiger partial charge on any atom is -0.367 e. The summed E-state index contributed by atoms with van der Waals surface area (Å²) in [6.07, 6.45) is 6.18. The van der Waals surface area contributed by atoms with Crippen molar-refractivity contribution in [2.45, 2.75) is 32.4 Å². The van der Waals surface area contributed by atoms with Gasteiger partial charge in [0.05, 0.1) is 0 Å². The zero-order valence-corrected chi connectivity index (χ0v) is 12.6. The van der Waals surface area contributed by atoms with Gasteiger partial charge in [-0.2, -0.15) is 0 Å². The SMILES string of the molecule is CCNC1CCCN(Cc2ccncc2)c2ccccc21. The largest absolute Gasteiger partial charge is 0.367 e. The smallest absolute Gasteiger partial charge is 0.0430 e. The molecule has 0 spiro atoms. The van der Waals surface area contributed by atoms with Crippen molar-refractivity contribution in [3.63, 3.8) is 0 Å². The molecular weight excluding hydrogens is 258 g/mol. The zero-order valence-electron chi connectivity index (χ0n) is 12.6. The zero-order chi connectivity index (χ0) is 14.5. The van der Waals surface area contributed by atoms with Gasteiger partial charge in [0, 0.05) is 37.2 Å². The number of hydrogen-bond donors (Lipinski definition) is 1. The number of nitrogens with one attached hydrogen (secondary N) is 1. The average molecular weight is 281 g/mol. The van der Waals surface area contributed by atoms with E-state index in [0.29, 0.717) is 6.04 Å². The van der Waals surface area contributed by atoms with Crippen LogP contribution in [0.2, 0.25) is 0 Å². The fraction of sp³-hybridized carbons (Fsp3) is 0.389. The Morgan fingerprint density at radius 2 is 2.00 bits per heavy atom. The molecule has 0 amide bonds. The number of fused-ring (bicyclic) bond motifs is 1. The molecule has 1 N–H and O–H groups in total. The van der Waals surface area contributed by atoms with E-state index in [1.54, 1.807) is 0 Å². The van der Waals surface area contributed by atoms with Crippen LogP contribution in [-0.2, 0) is 6.54 Å². The van der Waals surface area contributed by atoms with Crippen molar-refractivity contribution in [1.82, 2.24) is 10.3 Å². The molecule has 0 bridgehead atoms. The Bertz CT molecular complexity index is 568. The first-order valence-corrected chi connectivity index (χ1v) is 7.84. The lowest BCUT2D eigenvalue weighted by atomic mass is 10.0. The highest BCUT2D eigenvalue weighted by molar-refractivity contribution is 5.56. The molecule has 0 fully saturated rings. The first-order valence-electron chi connectivity index (χ1n) is 7.84. The van der Waals surface area contributed by atoms with Gasteiger partial charge in [0.25, 0.3) is 0 Å². The fourth-order valence-electron chi connectivity index (χ4n) is 3.16. The third-order valence-corrected chi connectivity index (χ3v) is 4.15. The van der Waals surface area contributed by atoms with Crippen molar-refractivity contribution in [2.75, 3.05) is 18.0 Å². The topological polar surface area (TPSA) is 28.2 Å². The van der Waals surface area contributed by atoms with Crippen LogP contribution in [0.1, 0.15) is 36.9 Å². The van der Waals surface area contributed by atoms with Gasteiger partial charge in [0.1, 0.15) is 0 Å². The van der Waals surface area contributed by atoms with Crippen LogP contribution in [0.3, 0.4) is 0 Å². The molecule has 1 aliphatic heterocycles. The van der Waals surface area contributed by atoms with Crippen molar-refractivity contribution in [1.29, 1.82) is 0 Å². The number of rotatable bonds is 4. The summed E-state index contributed by atoms with van der Waals surface area (Å²) in [6, 6.07) is 13.5. The van der Waals surface area contributed by atoms with Crippen LogP contribution in [-0.4, -0.2) is 18.1 Å². The van der Waals surface area contributed by atoms with Gasteiger partial charge in [-0.05, 0) is 48.7 Å². The van der Waals surface area contributed by atoms with Crippen molar-refractivity contribution in [2.24, 2.45) is 0 Å². The number of anilines is 1. The number of aromatic nitrogens is 1. The Balaban J connectivity index is 1.89. The van der Waals surface area contributed by atoms with E-state index in [9.17, 15) is 0 Å². The Morgan fingerprint density at radius 1 is 1.19 bits per heavy atom. The molecule has 3 nitrogen and oxygen atoms in total. The summed E-state index contributed by atoms with van der Waals surface area (Å²) in [6.45, 7) is 5.27. The highest BCUT2D eigenvalue weighted by Gasteiger charge is 2.21. The molecule has 1 atom stereocenters. The molecule has 2 aromatic rings. The molecule has 1 aliphatic rings. The Hall–Kier alpha value is -1.87. The molecule has 3 rings (SSSR count). The first-order chi connectivity index (χ1) is 10.4. The predicted molar refractivity (Wildman–Crippen MR) is 87.4 cm³/mol. The van der Waals surface area contributed by atoms with Gasteiger partial charge in [0.15, 0.2) is 0 Å². The van der Waals surface area contributed by atoms with Crippen molar-refractivity contribution in [3.8, 4) is 0 Å². The maximum atomic E-state index is 4.11. The third kappa shape index (κ3) is 3.24. The van der Waals surface area contributed by atoms with Gasteiger partial charge in [-0.25, -0.2) is 0 Å². The van der Waals surface area contributed by atoms with Crippen molar-refractivity contribution >= 4 is 5.69 Å². The molecule has 1 aromatic carbocycles. The lowest BCUT2D eigenvalue weighted by Gasteiger charge is -2.26. The van der Waals surface area contributed by atoms with Crippen LogP contribution in [0.25, 0.3) is 0 Å². The number of benzene rings is 1. The third-order valence-electron chi connectivity index (χ3n) is 4.15. The molecule has 0 saturated heterocycles. The van der Waals surface area contributed by atoms with Gasteiger partial charge < -0.3 is 10.2 Å². The van der Waals surface area contributed by atoms with E-state index in [0.717, 1.165) is 19.6 Å². The lowest BCUT2D eigenvalue weighted by molar-refractivity contribution is 0.510. The summed E-state index contributed by atoms with van der Waals surface area (Å²) in [5.41, 5.74) is 4.13. The van der Waals surface area contributed by atoms with E-state index >= 15 is 0 Å². The monoisotopic (exact) mass is 281 g/mol. The molecule has 3 heteroatoms. The van der Waals surface area contributed by atoms with Crippen molar-refractivity contribution < 1.29 is 0 Å². The summed E-state index contributed by atoms with van der Waals surface area (Å²) >= 11 is 0. The highest BCUT2D eigenvalue weighted by Crippen LogP contribution is 2.33. The second-order valence-corrected chi connectivity index (χ2v) is 5.59. The predicted octanol–water partition coefficient (Wildman–Crippen LogP) is 3.53. The Morgan fingerprint density at radius 3 is 2.81 bits per heavy atom. The van der Waals surface area contributed by atoms with Crippen LogP contribution in [0.5, 0.6) is 0 Å². The highest BCUT2D eigenvalue weighted by atomic mass is 15.1. The lowest BCUT2D eigenvalue weighted by Crippen LogP contribution is -2.24. The van der Waals surface area contributed by atoms with Gasteiger partial charge in [-0.3, -0.25) is 4.98 Å². The maximum Gasteiger partial charge on any atom is 0.0430 e. The van der Waals surface area contributed by atoms with E-state index < -0.39 is 0 Å². The first kappa shape index (κ1) is 14.1. The minimum atomic E-state index is 0.480. The second kappa shape index (κ2) is 6.72.